The molecule has 0 saturated heterocycles. The molecule has 1 N–H and O–H groups in total. The van der Waals surface area contributed by atoms with Gasteiger partial charge >= 0.3 is 0 Å². The van der Waals surface area contributed by atoms with Crippen LogP contribution < -0.4 is 4.74 Å². The molecule has 0 aliphatic rings. The van der Waals surface area contributed by atoms with Crippen LogP contribution in [0.3, 0.4) is 0 Å². The number of nitrogens with zero attached hydrogens (tertiary/aromatic N) is 6. The maximum Gasteiger partial charge on any atom is 0.137 e. The molecule has 2 atom stereocenters. The van der Waals surface area contributed by atoms with Gasteiger partial charge in [0.2, 0.25) is 0 Å². The summed E-state index contributed by atoms with van der Waals surface area (Å²) in [6.07, 6.45) is 8.98. The molecule has 0 fully saturated rings. The fraction of sp³-hybridized carbons (Fsp3) is 0.385. The Morgan fingerprint density at radius 3 is 2.58 bits per heavy atom. The molecule has 0 aliphatic heterocycles. The Morgan fingerprint density at radius 1 is 1.08 bits per heavy atom. The summed E-state index contributed by atoms with van der Waals surface area (Å²) in [6.45, 7) is 4.44. The highest BCUT2D eigenvalue weighted by Gasteiger charge is 2.41. The van der Waals surface area contributed by atoms with Crippen molar-refractivity contribution in [1.82, 2.24) is 29.8 Å². The molecular weight excluding hydrogens is 466 g/mol. The lowest BCUT2D eigenvalue weighted by atomic mass is 9.80. The third kappa shape index (κ3) is 5.76. The maximum atomic E-state index is 14.8. The molecular formula is C26H30F2N6O2. The smallest absolute Gasteiger partial charge is 0.137 e. The Bertz CT molecular complexity index is 1250. The van der Waals surface area contributed by atoms with E-state index in [1.165, 1.54) is 36.2 Å². The lowest BCUT2D eigenvalue weighted by Gasteiger charge is -2.33. The number of ether oxygens (including phenoxy) is 1. The van der Waals surface area contributed by atoms with Crippen molar-refractivity contribution in [3.8, 4) is 11.4 Å². The molecule has 0 amide bonds. The molecule has 2 aromatic carbocycles. The standard InChI is InChI=1S/C26H30F2N6O2/c1-3-4-5-6-13-36-22-10-8-21(9-11-22)34-15-25(31-32-34)19(2)26(35,16-33-18-29-17-30-33)23-12-7-20(27)14-24(23)28/h7-12,14-15,17-19,35H,3-6,13,16H2,1-2H3/t19-,26+/m0/s1. The van der Waals surface area contributed by atoms with Crippen molar-refractivity contribution in [2.24, 2.45) is 0 Å². The first-order chi connectivity index (χ1) is 17.4. The minimum atomic E-state index is -1.80. The van der Waals surface area contributed by atoms with Crippen molar-refractivity contribution >= 4 is 0 Å². The Balaban J connectivity index is 1.54. The van der Waals surface area contributed by atoms with E-state index in [-0.39, 0.29) is 12.1 Å². The number of aliphatic hydroxyl groups is 1. The zero-order valence-corrected chi connectivity index (χ0v) is 20.4. The first kappa shape index (κ1) is 25.4. The molecule has 0 saturated carbocycles. The average Bonchev–Trinajstić information content (AvgIpc) is 3.56. The summed E-state index contributed by atoms with van der Waals surface area (Å²) in [5, 5.41) is 24.2. The number of hydrogen-bond acceptors (Lipinski definition) is 6. The van der Waals surface area contributed by atoms with Crippen LogP contribution in [0.4, 0.5) is 8.78 Å². The number of rotatable bonds is 12. The predicted molar refractivity (Wildman–Crippen MR) is 130 cm³/mol. The molecule has 0 aliphatic carbocycles. The van der Waals surface area contributed by atoms with Crippen LogP contribution in [0, 0.1) is 11.6 Å². The van der Waals surface area contributed by atoms with Crippen LogP contribution in [0.25, 0.3) is 5.69 Å². The number of hydrogen-bond donors (Lipinski definition) is 1. The van der Waals surface area contributed by atoms with Crippen LogP contribution >= 0.6 is 0 Å². The summed E-state index contributed by atoms with van der Waals surface area (Å²) in [7, 11) is 0. The highest BCUT2D eigenvalue weighted by atomic mass is 19.1. The van der Waals surface area contributed by atoms with Gasteiger partial charge in [0.05, 0.1) is 30.7 Å². The molecule has 0 spiro atoms. The van der Waals surface area contributed by atoms with E-state index in [9.17, 15) is 13.9 Å². The lowest BCUT2D eigenvalue weighted by molar-refractivity contribution is -0.0123. The normalized spacial score (nSPS) is 13.9. The molecule has 10 heteroatoms. The largest absolute Gasteiger partial charge is 0.494 e. The summed E-state index contributed by atoms with van der Waals surface area (Å²) >= 11 is 0. The molecule has 190 valence electrons. The van der Waals surface area contributed by atoms with Crippen molar-refractivity contribution in [1.29, 1.82) is 0 Å². The number of benzene rings is 2. The molecule has 0 bridgehead atoms. The van der Waals surface area contributed by atoms with E-state index in [1.54, 1.807) is 17.8 Å². The zero-order valence-electron chi connectivity index (χ0n) is 20.4. The van der Waals surface area contributed by atoms with Gasteiger partial charge in [-0.3, -0.25) is 0 Å². The summed E-state index contributed by atoms with van der Waals surface area (Å²) in [4.78, 5) is 3.90. The summed E-state index contributed by atoms with van der Waals surface area (Å²) in [5.74, 6) is -1.53. The second-order valence-corrected chi connectivity index (χ2v) is 8.85. The van der Waals surface area contributed by atoms with Crippen LogP contribution in [-0.4, -0.2) is 41.5 Å². The van der Waals surface area contributed by atoms with Gasteiger partial charge in [-0.15, -0.1) is 5.10 Å². The Kier molecular flexibility index (Phi) is 8.04. The molecule has 36 heavy (non-hydrogen) atoms. The van der Waals surface area contributed by atoms with Crippen molar-refractivity contribution in [2.75, 3.05) is 6.61 Å². The van der Waals surface area contributed by atoms with Crippen molar-refractivity contribution < 1.29 is 18.6 Å². The summed E-state index contributed by atoms with van der Waals surface area (Å²) < 4.78 is 37.2. The first-order valence-electron chi connectivity index (χ1n) is 12.1. The Morgan fingerprint density at radius 2 is 1.89 bits per heavy atom. The minimum absolute atomic E-state index is 0.0677. The number of aromatic nitrogens is 6. The molecule has 0 radical (unpaired) electrons. The van der Waals surface area contributed by atoms with Gasteiger partial charge in [0, 0.05) is 17.5 Å². The zero-order chi connectivity index (χ0) is 25.5. The van der Waals surface area contributed by atoms with E-state index < -0.39 is 23.2 Å². The van der Waals surface area contributed by atoms with Gasteiger partial charge in [0.1, 0.15) is 35.6 Å². The SMILES string of the molecule is CCCCCCOc1ccc(-n2cc([C@H](C)[C@](O)(Cn3cncn3)c3ccc(F)cc3F)nn2)cc1. The maximum absolute atomic E-state index is 14.8. The van der Waals surface area contributed by atoms with Gasteiger partial charge < -0.3 is 9.84 Å². The van der Waals surface area contributed by atoms with Crippen molar-refractivity contribution in [3.63, 3.8) is 0 Å². The van der Waals surface area contributed by atoms with Crippen LogP contribution in [-0.2, 0) is 12.1 Å². The number of unbranched alkanes of at least 4 members (excludes halogenated alkanes) is 3. The van der Waals surface area contributed by atoms with Gasteiger partial charge in [0.25, 0.3) is 0 Å². The molecule has 2 heterocycles. The topological polar surface area (TPSA) is 90.9 Å². The van der Waals surface area contributed by atoms with Crippen LogP contribution in [0.15, 0.2) is 61.3 Å². The van der Waals surface area contributed by atoms with Crippen LogP contribution in [0.1, 0.15) is 56.7 Å². The second kappa shape index (κ2) is 11.4. The highest BCUT2D eigenvalue weighted by molar-refractivity contribution is 5.37. The molecule has 4 rings (SSSR count). The summed E-state index contributed by atoms with van der Waals surface area (Å²) in [5.41, 5.74) is -0.687. The lowest BCUT2D eigenvalue weighted by Crippen LogP contribution is -2.38. The third-order valence-corrected chi connectivity index (χ3v) is 6.31. The van der Waals surface area contributed by atoms with Gasteiger partial charge in [0.15, 0.2) is 0 Å². The van der Waals surface area contributed by atoms with Crippen molar-refractivity contribution in [2.45, 2.75) is 57.6 Å². The molecule has 4 aromatic rings. The fourth-order valence-corrected chi connectivity index (χ4v) is 4.12. The molecule has 0 unspecified atom stereocenters. The van der Waals surface area contributed by atoms with Crippen LogP contribution in [0.5, 0.6) is 5.75 Å². The number of halogens is 2. The third-order valence-electron chi connectivity index (χ3n) is 6.31. The van der Waals surface area contributed by atoms with E-state index >= 15 is 0 Å². The molecule has 8 nitrogen and oxygen atoms in total. The monoisotopic (exact) mass is 496 g/mol. The first-order valence-corrected chi connectivity index (χ1v) is 12.1. The van der Waals surface area contributed by atoms with Gasteiger partial charge in [-0.2, -0.15) is 5.10 Å². The van der Waals surface area contributed by atoms with E-state index in [1.807, 2.05) is 24.3 Å². The van der Waals surface area contributed by atoms with Crippen molar-refractivity contribution in [3.05, 3.63) is 84.2 Å². The minimum Gasteiger partial charge on any atom is -0.494 e. The van der Waals surface area contributed by atoms with Gasteiger partial charge in [-0.05, 0) is 36.8 Å². The van der Waals surface area contributed by atoms with E-state index in [2.05, 4.69) is 27.3 Å². The Labute approximate surface area is 208 Å². The van der Waals surface area contributed by atoms with E-state index in [4.69, 9.17) is 4.74 Å². The average molecular weight is 497 g/mol. The quantitative estimate of drug-likeness (QED) is 0.284. The second-order valence-electron chi connectivity index (χ2n) is 8.85. The van der Waals surface area contributed by atoms with Gasteiger partial charge in [-0.1, -0.05) is 44.4 Å². The van der Waals surface area contributed by atoms with E-state index in [0.29, 0.717) is 12.3 Å². The summed E-state index contributed by atoms with van der Waals surface area (Å²) in [6, 6.07) is 10.6. The predicted octanol–water partition coefficient (Wildman–Crippen LogP) is 4.79. The Hall–Kier alpha value is -3.66. The van der Waals surface area contributed by atoms with Crippen LogP contribution in [0.2, 0.25) is 0 Å². The molecule has 2 aromatic heterocycles. The van der Waals surface area contributed by atoms with E-state index in [0.717, 1.165) is 36.4 Å². The van der Waals surface area contributed by atoms with Gasteiger partial charge in [-0.25, -0.2) is 23.1 Å². The highest BCUT2D eigenvalue weighted by Crippen LogP contribution is 2.39. The fourth-order valence-electron chi connectivity index (χ4n) is 4.12.